The predicted molar refractivity (Wildman–Crippen MR) is 83.4 cm³/mol. The number of hydrogen-bond donors (Lipinski definition) is 2. The van der Waals surface area contributed by atoms with Gasteiger partial charge in [-0.25, -0.2) is 9.97 Å². The molecule has 22 heavy (non-hydrogen) atoms. The Morgan fingerprint density at radius 2 is 2.18 bits per heavy atom. The Labute approximate surface area is 132 Å². The van der Waals surface area contributed by atoms with Crippen LogP contribution in [0, 0.1) is 5.92 Å². The molecule has 0 atom stereocenters. The van der Waals surface area contributed by atoms with Crippen molar-refractivity contribution in [2.75, 3.05) is 6.61 Å². The van der Waals surface area contributed by atoms with Crippen molar-refractivity contribution in [2.45, 2.75) is 31.7 Å². The normalized spacial score (nSPS) is 21.5. The summed E-state index contributed by atoms with van der Waals surface area (Å²) in [6.45, 7) is 0.241. The van der Waals surface area contributed by atoms with Crippen molar-refractivity contribution < 1.29 is 9.90 Å². The lowest BCUT2D eigenvalue weighted by Crippen LogP contribution is -2.38. The van der Waals surface area contributed by atoms with E-state index in [-0.39, 0.29) is 18.6 Å². The zero-order chi connectivity index (χ0) is 15.4. The molecule has 0 radical (unpaired) electrons. The third-order valence-electron chi connectivity index (χ3n) is 3.98. The van der Waals surface area contributed by atoms with Crippen LogP contribution < -0.4 is 5.32 Å². The fourth-order valence-electron chi connectivity index (χ4n) is 2.68. The van der Waals surface area contributed by atoms with Crippen LogP contribution >= 0.6 is 11.3 Å². The zero-order valence-corrected chi connectivity index (χ0v) is 12.9. The second kappa shape index (κ2) is 6.93. The van der Waals surface area contributed by atoms with Crippen LogP contribution in [0.5, 0.6) is 0 Å². The van der Waals surface area contributed by atoms with Gasteiger partial charge in [0.05, 0.1) is 10.4 Å². The van der Waals surface area contributed by atoms with Gasteiger partial charge in [-0.2, -0.15) is 0 Å². The molecular weight excluding hydrogens is 300 g/mol. The molecular formula is C15H18N4O2S. The maximum atomic E-state index is 12.3. The second-order valence-electron chi connectivity index (χ2n) is 5.50. The molecule has 116 valence electrons. The number of aliphatic hydroxyl groups is 1. The number of rotatable bonds is 4. The smallest absolute Gasteiger partial charge is 0.270 e. The molecule has 7 heteroatoms. The highest BCUT2D eigenvalue weighted by atomic mass is 32.1. The number of aromatic nitrogens is 3. The van der Waals surface area contributed by atoms with Crippen molar-refractivity contribution in [2.24, 2.45) is 5.92 Å². The van der Waals surface area contributed by atoms with E-state index in [1.54, 1.807) is 24.0 Å². The average Bonchev–Trinajstić information content (AvgIpc) is 3.10. The minimum atomic E-state index is -0.166. The lowest BCUT2D eigenvalue weighted by atomic mass is 9.86. The van der Waals surface area contributed by atoms with E-state index in [2.05, 4.69) is 20.3 Å². The molecule has 1 amide bonds. The predicted octanol–water partition coefficient (Wildman–Crippen LogP) is 1.88. The van der Waals surface area contributed by atoms with Crippen LogP contribution in [0.15, 0.2) is 24.0 Å². The lowest BCUT2D eigenvalue weighted by molar-refractivity contribution is 0.0909. The summed E-state index contributed by atoms with van der Waals surface area (Å²) in [6.07, 6.45) is 7.01. The van der Waals surface area contributed by atoms with Gasteiger partial charge in [0, 0.05) is 25.0 Å². The van der Waals surface area contributed by atoms with Crippen LogP contribution in [0.25, 0.3) is 10.7 Å². The van der Waals surface area contributed by atoms with Gasteiger partial charge in [0.15, 0.2) is 5.82 Å². The number of aliphatic hydroxyl groups excluding tert-OH is 1. The SMILES string of the molecule is O=C(NC1CCC(CO)CC1)c1ccnc(-c2cncs2)n1. The quantitative estimate of drug-likeness (QED) is 0.898. The first kappa shape index (κ1) is 15.1. The van der Waals surface area contributed by atoms with Crippen LogP contribution in [-0.2, 0) is 0 Å². The molecule has 0 bridgehead atoms. The molecule has 2 N–H and O–H groups in total. The number of thiazole rings is 1. The lowest BCUT2D eigenvalue weighted by Gasteiger charge is -2.27. The molecule has 2 aromatic rings. The van der Waals surface area contributed by atoms with E-state index < -0.39 is 0 Å². The monoisotopic (exact) mass is 318 g/mol. The molecule has 0 unspecified atom stereocenters. The van der Waals surface area contributed by atoms with Crippen molar-refractivity contribution >= 4 is 17.2 Å². The fraction of sp³-hybridized carbons (Fsp3) is 0.467. The first-order valence-electron chi connectivity index (χ1n) is 7.40. The third kappa shape index (κ3) is 3.48. The molecule has 1 saturated carbocycles. The third-order valence-corrected chi connectivity index (χ3v) is 4.75. The largest absolute Gasteiger partial charge is 0.396 e. The van der Waals surface area contributed by atoms with Crippen molar-refractivity contribution in [3.05, 3.63) is 29.7 Å². The molecule has 1 aliphatic rings. The van der Waals surface area contributed by atoms with Gasteiger partial charge in [0.2, 0.25) is 0 Å². The molecule has 6 nitrogen and oxygen atoms in total. The molecule has 0 saturated heterocycles. The Balaban J connectivity index is 1.64. The number of nitrogens with one attached hydrogen (secondary N) is 1. The highest BCUT2D eigenvalue weighted by Crippen LogP contribution is 2.24. The summed E-state index contributed by atoms with van der Waals surface area (Å²) < 4.78 is 0. The van der Waals surface area contributed by atoms with Crippen LogP contribution in [0.4, 0.5) is 0 Å². The zero-order valence-electron chi connectivity index (χ0n) is 12.1. The molecule has 1 aliphatic carbocycles. The summed E-state index contributed by atoms with van der Waals surface area (Å²) >= 11 is 1.44. The first-order chi connectivity index (χ1) is 10.8. The van der Waals surface area contributed by atoms with Crippen LogP contribution in [-0.4, -0.2) is 38.6 Å². The first-order valence-corrected chi connectivity index (χ1v) is 8.28. The summed E-state index contributed by atoms with van der Waals surface area (Å²) in [5, 5.41) is 12.2. The van der Waals surface area contributed by atoms with E-state index in [0.29, 0.717) is 17.4 Å². The number of nitrogens with zero attached hydrogens (tertiary/aromatic N) is 3. The van der Waals surface area contributed by atoms with Crippen molar-refractivity contribution in [3.63, 3.8) is 0 Å². The molecule has 2 heterocycles. The Morgan fingerprint density at radius 1 is 1.36 bits per heavy atom. The second-order valence-corrected chi connectivity index (χ2v) is 6.39. The van der Waals surface area contributed by atoms with Crippen LogP contribution in [0.3, 0.4) is 0 Å². The van der Waals surface area contributed by atoms with E-state index >= 15 is 0 Å². The maximum absolute atomic E-state index is 12.3. The fourth-order valence-corrected chi connectivity index (χ4v) is 3.24. The molecule has 0 aliphatic heterocycles. The average molecular weight is 318 g/mol. The van der Waals surface area contributed by atoms with E-state index in [0.717, 1.165) is 30.6 Å². The van der Waals surface area contributed by atoms with Gasteiger partial charge in [-0.3, -0.25) is 9.78 Å². The number of hydrogen-bond acceptors (Lipinski definition) is 6. The van der Waals surface area contributed by atoms with Crippen LogP contribution in [0.1, 0.15) is 36.2 Å². The van der Waals surface area contributed by atoms with Crippen LogP contribution in [0.2, 0.25) is 0 Å². The Kier molecular flexibility index (Phi) is 4.74. The summed E-state index contributed by atoms with van der Waals surface area (Å²) in [5.41, 5.74) is 2.09. The van der Waals surface area contributed by atoms with Gasteiger partial charge in [0.1, 0.15) is 5.69 Å². The van der Waals surface area contributed by atoms with E-state index in [9.17, 15) is 4.79 Å². The Morgan fingerprint density at radius 3 is 2.86 bits per heavy atom. The van der Waals surface area contributed by atoms with Gasteiger partial charge in [-0.1, -0.05) is 0 Å². The topological polar surface area (TPSA) is 88.0 Å². The molecule has 0 aromatic carbocycles. The van der Waals surface area contributed by atoms with Gasteiger partial charge < -0.3 is 10.4 Å². The molecule has 2 aromatic heterocycles. The van der Waals surface area contributed by atoms with Gasteiger partial charge >= 0.3 is 0 Å². The summed E-state index contributed by atoms with van der Waals surface area (Å²) in [7, 11) is 0. The van der Waals surface area contributed by atoms with Gasteiger partial charge in [-0.15, -0.1) is 11.3 Å². The van der Waals surface area contributed by atoms with Crippen molar-refractivity contribution in [3.8, 4) is 10.7 Å². The van der Waals surface area contributed by atoms with E-state index in [4.69, 9.17) is 5.11 Å². The summed E-state index contributed by atoms with van der Waals surface area (Å²) in [4.78, 5) is 25.7. The molecule has 0 spiro atoms. The minimum Gasteiger partial charge on any atom is -0.396 e. The van der Waals surface area contributed by atoms with E-state index in [1.807, 2.05) is 0 Å². The van der Waals surface area contributed by atoms with Crippen molar-refractivity contribution in [1.82, 2.24) is 20.3 Å². The number of carbonyl (C=O) groups is 1. The number of carbonyl (C=O) groups excluding carboxylic acids is 1. The standard InChI is InChI=1S/C15H18N4O2S/c20-8-10-1-3-11(4-2-10)18-15(21)12-5-6-17-14(19-12)13-7-16-9-22-13/h5-7,9-11,20H,1-4,8H2,(H,18,21). The van der Waals surface area contributed by atoms with Crippen molar-refractivity contribution in [1.29, 1.82) is 0 Å². The van der Waals surface area contributed by atoms with Gasteiger partial charge in [0.25, 0.3) is 5.91 Å². The highest BCUT2D eigenvalue weighted by molar-refractivity contribution is 7.13. The van der Waals surface area contributed by atoms with E-state index in [1.165, 1.54) is 11.3 Å². The Hall–Kier alpha value is -1.86. The highest BCUT2D eigenvalue weighted by Gasteiger charge is 2.22. The molecule has 3 rings (SSSR count). The Bertz CT molecular complexity index is 624. The van der Waals surface area contributed by atoms with Gasteiger partial charge in [-0.05, 0) is 37.7 Å². The summed E-state index contributed by atoms with van der Waals surface area (Å²) in [5.74, 6) is 0.741. The number of amides is 1. The molecule has 1 fully saturated rings. The maximum Gasteiger partial charge on any atom is 0.270 e. The minimum absolute atomic E-state index is 0.164. The summed E-state index contributed by atoms with van der Waals surface area (Å²) in [6, 6.07) is 1.79.